The SMILES string of the molecule is CCCn1c(SCC(=O)N2CCC(C)CC2)nc2sc3c(c2c1=O)CCC3. The smallest absolute Gasteiger partial charge is 0.263 e. The van der Waals surface area contributed by atoms with Gasteiger partial charge in [0, 0.05) is 24.5 Å². The molecule has 0 bridgehead atoms. The molecule has 4 rings (SSSR count). The van der Waals surface area contributed by atoms with Crippen LogP contribution >= 0.6 is 23.1 Å². The molecule has 1 aliphatic heterocycles. The van der Waals surface area contributed by atoms with E-state index in [0.29, 0.717) is 23.4 Å². The number of aromatic nitrogens is 2. The van der Waals surface area contributed by atoms with E-state index in [1.165, 1.54) is 22.2 Å². The van der Waals surface area contributed by atoms with Crippen molar-refractivity contribution in [3.63, 3.8) is 0 Å². The van der Waals surface area contributed by atoms with Gasteiger partial charge in [-0.15, -0.1) is 11.3 Å². The van der Waals surface area contributed by atoms with Gasteiger partial charge in [-0.25, -0.2) is 4.98 Å². The summed E-state index contributed by atoms with van der Waals surface area (Å²) in [7, 11) is 0. The van der Waals surface area contributed by atoms with Crippen LogP contribution in [-0.4, -0.2) is 39.2 Å². The number of aryl methyl sites for hydroxylation is 2. The number of piperidine rings is 1. The predicted octanol–water partition coefficient (Wildman–Crippen LogP) is 3.71. The number of amides is 1. The van der Waals surface area contributed by atoms with Gasteiger partial charge in [-0.1, -0.05) is 25.6 Å². The summed E-state index contributed by atoms with van der Waals surface area (Å²) in [5.74, 6) is 1.24. The highest BCUT2D eigenvalue weighted by atomic mass is 32.2. The Morgan fingerprint density at radius 1 is 1.30 bits per heavy atom. The highest BCUT2D eigenvalue weighted by Gasteiger charge is 2.24. The van der Waals surface area contributed by atoms with Crippen molar-refractivity contribution in [1.82, 2.24) is 14.5 Å². The number of thiophene rings is 1. The van der Waals surface area contributed by atoms with E-state index in [9.17, 15) is 9.59 Å². The van der Waals surface area contributed by atoms with Crippen molar-refractivity contribution in [2.24, 2.45) is 5.92 Å². The number of nitrogens with zero attached hydrogens (tertiary/aromatic N) is 3. The van der Waals surface area contributed by atoms with Gasteiger partial charge in [0.2, 0.25) is 5.91 Å². The van der Waals surface area contributed by atoms with Gasteiger partial charge in [0.1, 0.15) is 4.83 Å². The molecule has 0 aromatic carbocycles. The fourth-order valence-electron chi connectivity index (χ4n) is 4.06. The van der Waals surface area contributed by atoms with E-state index in [1.807, 2.05) is 4.90 Å². The lowest BCUT2D eigenvalue weighted by atomic mass is 9.99. The van der Waals surface area contributed by atoms with Crippen molar-refractivity contribution in [2.45, 2.75) is 64.1 Å². The molecule has 1 amide bonds. The van der Waals surface area contributed by atoms with E-state index in [1.54, 1.807) is 15.9 Å². The quantitative estimate of drug-likeness (QED) is 0.562. The molecule has 1 fully saturated rings. The van der Waals surface area contributed by atoms with Crippen LogP contribution in [0.25, 0.3) is 10.2 Å². The standard InChI is InChI=1S/C20H27N3O2S2/c1-3-9-23-19(25)17-14-5-4-6-15(14)27-18(17)21-20(23)26-12-16(24)22-10-7-13(2)8-11-22/h13H,3-12H2,1-2H3. The summed E-state index contributed by atoms with van der Waals surface area (Å²) in [6.07, 6.45) is 6.26. The zero-order valence-electron chi connectivity index (χ0n) is 16.1. The minimum Gasteiger partial charge on any atom is -0.342 e. The summed E-state index contributed by atoms with van der Waals surface area (Å²) in [5, 5.41) is 1.54. The fraction of sp³-hybridized carbons (Fsp3) is 0.650. The number of likely N-dealkylation sites (tertiary alicyclic amines) is 1. The summed E-state index contributed by atoms with van der Waals surface area (Å²) < 4.78 is 1.80. The number of carbonyl (C=O) groups is 1. The minimum absolute atomic E-state index is 0.0861. The number of rotatable bonds is 5. The number of thioether (sulfide) groups is 1. The molecular formula is C20H27N3O2S2. The topological polar surface area (TPSA) is 55.2 Å². The van der Waals surface area contributed by atoms with E-state index in [-0.39, 0.29) is 11.5 Å². The third-order valence-corrected chi connectivity index (χ3v) is 7.84. The van der Waals surface area contributed by atoms with Crippen molar-refractivity contribution in [1.29, 1.82) is 0 Å². The summed E-state index contributed by atoms with van der Waals surface area (Å²) in [4.78, 5) is 34.7. The van der Waals surface area contributed by atoms with Gasteiger partial charge < -0.3 is 4.90 Å². The number of carbonyl (C=O) groups excluding carboxylic acids is 1. The average Bonchev–Trinajstić information content (AvgIpc) is 3.23. The Labute approximate surface area is 168 Å². The first-order valence-electron chi connectivity index (χ1n) is 10.0. The molecule has 27 heavy (non-hydrogen) atoms. The van der Waals surface area contributed by atoms with Gasteiger partial charge in [0.05, 0.1) is 11.1 Å². The molecule has 0 N–H and O–H groups in total. The number of hydrogen-bond acceptors (Lipinski definition) is 5. The third-order valence-electron chi connectivity index (χ3n) is 5.70. The molecule has 146 valence electrons. The lowest BCUT2D eigenvalue weighted by Gasteiger charge is -2.30. The second kappa shape index (κ2) is 7.95. The Balaban J connectivity index is 1.58. The lowest BCUT2D eigenvalue weighted by molar-refractivity contribution is -0.129. The van der Waals surface area contributed by atoms with Crippen LogP contribution < -0.4 is 5.56 Å². The second-order valence-corrected chi connectivity index (χ2v) is 9.77. The third kappa shape index (κ3) is 3.68. The Morgan fingerprint density at radius 2 is 2.07 bits per heavy atom. The van der Waals surface area contributed by atoms with Gasteiger partial charge in [0.15, 0.2) is 5.16 Å². The van der Waals surface area contributed by atoms with E-state index in [4.69, 9.17) is 4.98 Å². The van der Waals surface area contributed by atoms with Gasteiger partial charge in [0.25, 0.3) is 5.56 Å². The first kappa shape index (κ1) is 19.0. The van der Waals surface area contributed by atoms with Crippen molar-refractivity contribution in [3.05, 3.63) is 20.8 Å². The Bertz CT molecular complexity index is 910. The highest BCUT2D eigenvalue weighted by Crippen LogP contribution is 2.35. The molecule has 3 heterocycles. The molecule has 0 atom stereocenters. The van der Waals surface area contributed by atoms with E-state index < -0.39 is 0 Å². The van der Waals surface area contributed by atoms with Crippen LogP contribution in [0.3, 0.4) is 0 Å². The molecule has 0 unspecified atom stereocenters. The van der Waals surface area contributed by atoms with Crippen molar-refractivity contribution >= 4 is 39.2 Å². The van der Waals surface area contributed by atoms with Crippen LogP contribution in [-0.2, 0) is 24.2 Å². The number of hydrogen-bond donors (Lipinski definition) is 0. The highest BCUT2D eigenvalue weighted by molar-refractivity contribution is 7.99. The average molecular weight is 406 g/mol. The molecule has 2 aliphatic rings. The molecule has 2 aromatic heterocycles. The summed E-state index contributed by atoms with van der Waals surface area (Å²) in [6, 6.07) is 0. The Hall–Kier alpha value is -1.34. The van der Waals surface area contributed by atoms with Crippen LogP contribution in [0.5, 0.6) is 0 Å². The summed E-state index contributed by atoms with van der Waals surface area (Å²) in [6.45, 7) is 6.68. The zero-order chi connectivity index (χ0) is 19.0. The van der Waals surface area contributed by atoms with Crippen molar-refractivity contribution < 1.29 is 4.79 Å². The molecule has 0 spiro atoms. The van der Waals surface area contributed by atoms with Crippen LogP contribution in [0.15, 0.2) is 9.95 Å². The summed E-state index contributed by atoms with van der Waals surface area (Å²) in [5.41, 5.74) is 1.32. The van der Waals surface area contributed by atoms with Crippen LogP contribution in [0.4, 0.5) is 0 Å². The second-order valence-electron chi connectivity index (χ2n) is 7.74. The first-order chi connectivity index (χ1) is 13.1. The maximum atomic E-state index is 13.2. The molecule has 7 heteroatoms. The Morgan fingerprint density at radius 3 is 2.81 bits per heavy atom. The summed E-state index contributed by atoms with van der Waals surface area (Å²) >= 11 is 3.10. The van der Waals surface area contributed by atoms with Crippen LogP contribution in [0.1, 0.15) is 50.0 Å². The lowest BCUT2D eigenvalue weighted by Crippen LogP contribution is -2.39. The van der Waals surface area contributed by atoms with Crippen molar-refractivity contribution in [3.8, 4) is 0 Å². The molecule has 5 nitrogen and oxygen atoms in total. The molecule has 1 saturated heterocycles. The molecular weight excluding hydrogens is 378 g/mol. The van der Waals surface area contributed by atoms with Crippen LogP contribution in [0.2, 0.25) is 0 Å². The van der Waals surface area contributed by atoms with Gasteiger partial charge in [-0.2, -0.15) is 0 Å². The molecule has 2 aromatic rings. The largest absolute Gasteiger partial charge is 0.342 e. The van der Waals surface area contributed by atoms with Gasteiger partial charge >= 0.3 is 0 Å². The molecule has 1 aliphatic carbocycles. The monoisotopic (exact) mass is 405 g/mol. The minimum atomic E-state index is 0.0861. The van der Waals surface area contributed by atoms with E-state index in [2.05, 4.69) is 13.8 Å². The van der Waals surface area contributed by atoms with E-state index >= 15 is 0 Å². The predicted molar refractivity (Wildman–Crippen MR) is 112 cm³/mol. The van der Waals surface area contributed by atoms with Crippen LogP contribution in [0, 0.1) is 5.92 Å². The number of fused-ring (bicyclic) bond motifs is 3. The van der Waals surface area contributed by atoms with Gasteiger partial charge in [-0.3, -0.25) is 14.2 Å². The van der Waals surface area contributed by atoms with Crippen molar-refractivity contribution in [2.75, 3.05) is 18.8 Å². The van der Waals surface area contributed by atoms with E-state index in [0.717, 1.165) is 61.8 Å². The maximum Gasteiger partial charge on any atom is 0.263 e. The Kier molecular flexibility index (Phi) is 5.60. The zero-order valence-corrected chi connectivity index (χ0v) is 17.8. The van der Waals surface area contributed by atoms with Gasteiger partial charge in [-0.05, 0) is 50.0 Å². The normalized spacial score (nSPS) is 17.6. The molecule has 0 saturated carbocycles. The fourth-order valence-corrected chi connectivity index (χ4v) is 6.30. The maximum absolute atomic E-state index is 13.2. The first-order valence-corrected chi connectivity index (χ1v) is 11.8. The molecule has 0 radical (unpaired) electrons.